The number of fused-ring (bicyclic) bond motifs is 1. The first-order valence-electron chi connectivity index (χ1n) is 10.5. The van der Waals surface area contributed by atoms with E-state index in [0.717, 1.165) is 39.2 Å². The average molecular weight is 437 g/mol. The number of amides is 1. The normalized spacial score (nSPS) is 14.4. The largest absolute Gasteiger partial charge is 0.494 e. The molecule has 9 nitrogen and oxygen atoms in total. The van der Waals surface area contributed by atoms with E-state index in [4.69, 9.17) is 5.11 Å². The number of carboxylic acid groups (broad SMARTS) is 1. The van der Waals surface area contributed by atoms with E-state index in [0.29, 0.717) is 12.8 Å². The lowest BCUT2D eigenvalue weighted by atomic mass is 9.95. The van der Waals surface area contributed by atoms with Crippen molar-refractivity contribution in [1.82, 2.24) is 14.5 Å². The molecule has 0 unspecified atom stereocenters. The van der Waals surface area contributed by atoms with Gasteiger partial charge >= 0.3 is 11.7 Å². The average Bonchev–Trinajstić information content (AvgIpc) is 2.78. The molecule has 1 aromatic heterocycles. The fourth-order valence-corrected chi connectivity index (χ4v) is 4.27. The minimum Gasteiger partial charge on any atom is -0.494 e. The first kappa shape index (κ1) is 21.4. The minimum atomic E-state index is -1.30. The Labute approximate surface area is 182 Å². The van der Waals surface area contributed by atoms with Crippen LogP contribution in [0, 0.1) is 0 Å². The Morgan fingerprint density at radius 3 is 2.38 bits per heavy atom. The standard InChI is InChI=1S/C23H23N3O6/c27-18(28)13-24-20(29)19-21(30)25(16-8-2-1-3-9-16)23(32)26(22(19)31)17-11-10-14-6-4-5-7-15(14)12-17/h4-7,10-12,16,30H,1-3,8-9,13H2,(H,24,29)(H,27,28). The molecule has 4 rings (SSSR count). The predicted molar refractivity (Wildman–Crippen MR) is 118 cm³/mol. The summed E-state index contributed by atoms with van der Waals surface area (Å²) in [5, 5.41) is 23.5. The molecule has 0 spiro atoms. The number of rotatable bonds is 5. The monoisotopic (exact) mass is 437 g/mol. The maximum atomic E-state index is 13.4. The topological polar surface area (TPSA) is 131 Å². The van der Waals surface area contributed by atoms with Crippen LogP contribution in [0.15, 0.2) is 52.1 Å². The van der Waals surface area contributed by atoms with Crippen molar-refractivity contribution in [3.63, 3.8) is 0 Å². The lowest BCUT2D eigenvalue weighted by Gasteiger charge is -2.26. The first-order chi connectivity index (χ1) is 15.4. The Bertz CT molecular complexity index is 1320. The number of nitrogens with zero attached hydrogens (tertiary/aromatic N) is 2. The molecule has 0 saturated heterocycles. The molecular formula is C23H23N3O6. The molecule has 1 heterocycles. The van der Waals surface area contributed by atoms with Gasteiger partial charge in [-0.1, -0.05) is 49.6 Å². The van der Waals surface area contributed by atoms with E-state index in [1.165, 1.54) is 0 Å². The number of carbonyl (C=O) groups excluding carboxylic acids is 1. The number of benzene rings is 2. The highest BCUT2D eigenvalue weighted by molar-refractivity contribution is 5.97. The number of aliphatic carboxylic acids is 1. The maximum Gasteiger partial charge on any atom is 0.338 e. The maximum absolute atomic E-state index is 13.4. The van der Waals surface area contributed by atoms with Gasteiger partial charge in [-0.2, -0.15) is 0 Å². The van der Waals surface area contributed by atoms with Crippen LogP contribution in [-0.2, 0) is 4.79 Å². The third-order valence-corrected chi connectivity index (χ3v) is 5.82. The van der Waals surface area contributed by atoms with Gasteiger partial charge in [0.1, 0.15) is 6.54 Å². The second kappa shape index (κ2) is 8.70. The van der Waals surface area contributed by atoms with Crippen molar-refractivity contribution in [1.29, 1.82) is 0 Å². The molecule has 32 heavy (non-hydrogen) atoms. The summed E-state index contributed by atoms with van der Waals surface area (Å²) in [7, 11) is 0. The molecule has 1 aliphatic carbocycles. The van der Waals surface area contributed by atoms with Gasteiger partial charge < -0.3 is 15.5 Å². The Kier molecular flexibility index (Phi) is 5.81. The lowest BCUT2D eigenvalue weighted by Crippen LogP contribution is -2.45. The van der Waals surface area contributed by atoms with Gasteiger partial charge in [0.05, 0.1) is 5.69 Å². The van der Waals surface area contributed by atoms with E-state index in [9.17, 15) is 24.3 Å². The van der Waals surface area contributed by atoms with Crippen LogP contribution >= 0.6 is 0 Å². The number of hydrogen-bond acceptors (Lipinski definition) is 5. The van der Waals surface area contributed by atoms with Crippen LogP contribution < -0.4 is 16.6 Å². The molecule has 2 aromatic carbocycles. The first-order valence-corrected chi connectivity index (χ1v) is 10.5. The number of nitrogens with one attached hydrogen (secondary N) is 1. The summed E-state index contributed by atoms with van der Waals surface area (Å²) in [5.74, 6) is -3.07. The van der Waals surface area contributed by atoms with Gasteiger partial charge in [0.15, 0.2) is 5.56 Å². The number of aromatic nitrogens is 2. The molecule has 1 fully saturated rings. The molecule has 3 aromatic rings. The Morgan fingerprint density at radius 2 is 1.69 bits per heavy atom. The zero-order valence-electron chi connectivity index (χ0n) is 17.3. The zero-order chi connectivity index (χ0) is 22.8. The molecule has 0 radical (unpaired) electrons. The predicted octanol–water partition coefficient (Wildman–Crippen LogP) is 2.18. The fourth-order valence-electron chi connectivity index (χ4n) is 4.27. The molecule has 1 saturated carbocycles. The summed E-state index contributed by atoms with van der Waals surface area (Å²) in [5.41, 5.74) is -2.12. The number of aromatic hydroxyl groups is 1. The van der Waals surface area contributed by atoms with Crippen LogP contribution in [0.2, 0.25) is 0 Å². The summed E-state index contributed by atoms with van der Waals surface area (Å²) in [6, 6.07) is 12.1. The summed E-state index contributed by atoms with van der Waals surface area (Å²) in [4.78, 5) is 50.2. The third kappa shape index (κ3) is 3.89. The summed E-state index contributed by atoms with van der Waals surface area (Å²) >= 11 is 0. The molecule has 0 atom stereocenters. The molecule has 166 valence electrons. The summed E-state index contributed by atoms with van der Waals surface area (Å²) in [6.45, 7) is -0.726. The van der Waals surface area contributed by atoms with E-state index < -0.39 is 41.1 Å². The van der Waals surface area contributed by atoms with Gasteiger partial charge in [-0.05, 0) is 35.7 Å². The van der Waals surface area contributed by atoms with Crippen LogP contribution in [0.4, 0.5) is 0 Å². The van der Waals surface area contributed by atoms with Crippen LogP contribution in [0.5, 0.6) is 5.88 Å². The van der Waals surface area contributed by atoms with E-state index in [1.807, 2.05) is 24.3 Å². The molecule has 1 aliphatic rings. The van der Waals surface area contributed by atoms with Gasteiger partial charge in [0.2, 0.25) is 5.88 Å². The third-order valence-electron chi connectivity index (χ3n) is 5.82. The minimum absolute atomic E-state index is 0.260. The molecular weight excluding hydrogens is 414 g/mol. The molecule has 1 amide bonds. The molecule has 0 aliphatic heterocycles. The van der Waals surface area contributed by atoms with E-state index in [-0.39, 0.29) is 11.7 Å². The van der Waals surface area contributed by atoms with Crippen molar-refractivity contribution < 1.29 is 19.8 Å². The van der Waals surface area contributed by atoms with Gasteiger partial charge in [-0.15, -0.1) is 0 Å². The number of carboxylic acids is 1. The van der Waals surface area contributed by atoms with Crippen molar-refractivity contribution in [2.45, 2.75) is 38.1 Å². The Hall–Kier alpha value is -3.88. The SMILES string of the molecule is O=C(O)CNC(=O)c1c(O)n(C2CCCCC2)c(=O)n(-c2ccc3ccccc3c2)c1=O. The smallest absolute Gasteiger partial charge is 0.338 e. The van der Waals surface area contributed by atoms with Crippen molar-refractivity contribution in [3.8, 4) is 11.6 Å². The highest BCUT2D eigenvalue weighted by Gasteiger charge is 2.29. The van der Waals surface area contributed by atoms with Crippen LogP contribution in [0.1, 0.15) is 48.5 Å². The lowest BCUT2D eigenvalue weighted by molar-refractivity contribution is -0.135. The van der Waals surface area contributed by atoms with Crippen LogP contribution in [0.25, 0.3) is 16.5 Å². The van der Waals surface area contributed by atoms with Gasteiger partial charge in [0.25, 0.3) is 11.5 Å². The van der Waals surface area contributed by atoms with E-state index in [1.54, 1.807) is 18.2 Å². The zero-order valence-corrected chi connectivity index (χ0v) is 17.3. The highest BCUT2D eigenvalue weighted by Crippen LogP contribution is 2.30. The number of hydrogen-bond donors (Lipinski definition) is 3. The highest BCUT2D eigenvalue weighted by atomic mass is 16.4. The fraction of sp³-hybridized carbons (Fsp3) is 0.304. The Balaban J connectivity index is 1.96. The molecule has 3 N–H and O–H groups in total. The van der Waals surface area contributed by atoms with Crippen LogP contribution in [0.3, 0.4) is 0 Å². The van der Waals surface area contributed by atoms with Crippen molar-refractivity contribution in [3.05, 3.63) is 68.9 Å². The molecule has 0 bridgehead atoms. The van der Waals surface area contributed by atoms with Crippen molar-refractivity contribution in [2.24, 2.45) is 0 Å². The molecule has 9 heteroatoms. The van der Waals surface area contributed by atoms with Gasteiger partial charge in [0, 0.05) is 6.04 Å². The van der Waals surface area contributed by atoms with Gasteiger partial charge in [-0.3, -0.25) is 19.0 Å². The quantitative estimate of drug-likeness (QED) is 0.561. The van der Waals surface area contributed by atoms with Crippen molar-refractivity contribution in [2.75, 3.05) is 6.54 Å². The Morgan fingerprint density at radius 1 is 1.00 bits per heavy atom. The van der Waals surface area contributed by atoms with Gasteiger partial charge in [-0.25, -0.2) is 9.36 Å². The summed E-state index contributed by atoms with van der Waals surface area (Å²) in [6.07, 6.45) is 3.96. The van der Waals surface area contributed by atoms with Crippen molar-refractivity contribution >= 4 is 22.6 Å². The summed E-state index contributed by atoms with van der Waals surface area (Å²) < 4.78 is 1.97. The number of carbonyl (C=O) groups is 2. The second-order valence-electron chi connectivity index (χ2n) is 7.89. The second-order valence-corrected chi connectivity index (χ2v) is 7.89. The van der Waals surface area contributed by atoms with Crippen LogP contribution in [-0.4, -0.2) is 37.8 Å². The van der Waals surface area contributed by atoms with E-state index in [2.05, 4.69) is 5.32 Å². The van der Waals surface area contributed by atoms with E-state index >= 15 is 0 Å².